The van der Waals surface area contributed by atoms with Crippen LogP contribution in [0, 0.1) is 5.92 Å². The third kappa shape index (κ3) is 5.10. The first-order valence-electron chi connectivity index (χ1n) is 7.64. The van der Waals surface area contributed by atoms with Gasteiger partial charge >= 0.3 is 5.97 Å². The maximum atomic E-state index is 12.1. The zero-order chi connectivity index (χ0) is 15.9. The highest BCUT2D eigenvalue weighted by Gasteiger charge is 2.29. The van der Waals surface area contributed by atoms with E-state index in [9.17, 15) is 9.59 Å². The fraction of sp³-hybridized carbons (Fsp3) is 0.500. The van der Waals surface area contributed by atoms with Crippen LogP contribution in [0.1, 0.15) is 19.8 Å². The number of hydrogen-bond donors (Lipinski definition) is 2. The van der Waals surface area contributed by atoms with E-state index in [1.54, 1.807) is 0 Å². The van der Waals surface area contributed by atoms with Gasteiger partial charge in [-0.3, -0.25) is 9.59 Å². The molecule has 1 aliphatic rings. The fourth-order valence-electron chi connectivity index (χ4n) is 2.70. The number of esters is 1. The number of carbonyl (C=O) groups excluding carboxylic acids is 2. The standard InChI is InChI=1S/C16H21BrN2O3/c1-2-22-16(21)12-6-8-19(9-7-12)11-15(20)18-14-5-3-4-13(17)10-14/h3-5,10,12H,2,6-9,11H2,1H3,(H,18,20)/p+1. The quantitative estimate of drug-likeness (QED) is 0.767. The molecule has 1 aromatic rings. The van der Waals surface area contributed by atoms with Crippen LogP contribution in [-0.2, 0) is 14.3 Å². The molecule has 1 amide bonds. The third-order valence-corrected chi connectivity index (χ3v) is 4.32. The van der Waals surface area contributed by atoms with Crippen molar-refractivity contribution in [1.82, 2.24) is 0 Å². The van der Waals surface area contributed by atoms with Gasteiger partial charge in [0.25, 0.3) is 5.91 Å². The van der Waals surface area contributed by atoms with Crippen LogP contribution in [0.3, 0.4) is 0 Å². The highest BCUT2D eigenvalue weighted by Crippen LogP contribution is 2.15. The number of ether oxygens (including phenoxy) is 1. The summed E-state index contributed by atoms with van der Waals surface area (Å²) in [6, 6.07) is 7.55. The summed E-state index contributed by atoms with van der Waals surface area (Å²) in [7, 11) is 0. The first-order valence-corrected chi connectivity index (χ1v) is 8.43. The normalized spacial score (nSPS) is 21.2. The molecule has 120 valence electrons. The lowest BCUT2D eigenvalue weighted by Gasteiger charge is -2.27. The van der Waals surface area contributed by atoms with E-state index < -0.39 is 0 Å². The maximum absolute atomic E-state index is 12.1. The summed E-state index contributed by atoms with van der Waals surface area (Å²) >= 11 is 3.38. The maximum Gasteiger partial charge on any atom is 0.309 e. The molecule has 0 bridgehead atoms. The van der Waals surface area contributed by atoms with Crippen molar-refractivity contribution in [2.45, 2.75) is 19.8 Å². The van der Waals surface area contributed by atoms with E-state index in [-0.39, 0.29) is 17.8 Å². The average Bonchev–Trinajstić information content (AvgIpc) is 2.48. The predicted molar refractivity (Wildman–Crippen MR) is 87.7 cm³/mol. The molecule has 0 saturated carbocycles. The molecule has 0 aliphatic carbocycles. The summed E-state index contributed by atoms with van der Waals surface area (Å²) in [5.41, 5.74) is 0.792. The predicted octanol–water partition coefficient (Wildman–Crippen LogP) is 1.25. The molecule has 1 heterocycles. The number of benzene rings is 1. The van der Waals surface area contributed by atoms with Crippen molar-refractivity contribution in [2.75, 3.05) is 31.6 Å². The molecule has 6 heteroatoms. The van der Waals surface area contributed by atoms with Gasteiger partial charge in [-0.1, -0.05) is 22.0 Å². The van der Waals surface area contributed by atoms with Crippen LogP contribution in [-0.4, -0.2) is 38.1 Å². The van der Waals surface area contributed by atoms with Crippen LogP contribution in [0.15, 0.2) is 28.7 Å². The van der Waals surface area contributed by atoms with E-state index in [1.807, 2.05) is 31.2 Å². The summed E-state index contributed by atoms with van der Waals surface area (Å²) in [6.45, 7) is 4.35. The van der Waals surface area contributed by atoms with Gasteiger partial charge in [-0.05, 0) is 25.1 Å². The van der Waals surface area contributed by atoms with Gasteiger partial charge in [0.05, 0.1) is 25.6 Å². The summed E-state index contributed by atoms with van der Waals surface area (Å²) in [5, 5.41) is 2.90. The minimum atomic E-state index is -0.0971. The number of quaternary nitrogens is 1. The Bertz CT molecular complexity index is 528. The summed E-state index contributed by atoms with van der Waals surface area (Å²) in [4.78, 5) is 25.0. The van der Waals surface area contributed by atoms with Crippen LogP contribution < -0.4 is 10.2 Å². The van der Waals surface area contributed by atoms with Gasteiger partial charge in [0.2, 0.25) is 0 Å². The van der Waals surface area contributed by atoms with E-state index in [0.29, 0.717) is 13.2 Å². The van der Waals surface area contributed by atoms with Crippen LogP contribution in [0.5, 0.6) is 0 Å². The SMILES string of the molecule is CCOC(=O)C1CC[NH+](CC(=O)Nc2cccc(Br)c2)CC1. The molecule has 1 aliphatic heterocycles. The molecule has 0 atom stereocenters. The fourth-order valence-corrected chi connectivity index (χ4v) is 3.10. The van der Waals surface area contributed by atoms with Crippen LogP contribution in [0.25, 0.3) is 0 Å². The van der Waals surface area contributed by atoms with Gasteiger partial charge in [-0.25, -0.2) is 0 Å². The Morgan fingerprint density at radius 2 is 2.09 bits per heavy atom. The Balaban J connectivity index is 1.76. The zero-order valence-corrected chi connectivity index (χ0v) is 14.3. The molecule has 1 aromatic carbocycles. The summed E-state index contributed by atoms with van der Waals surface area (Å²) in [6.07, 6.45) is 1.58. The largest absolute Gasteiger partial charge is 0.466 e. The van der Waals surface area contributed by atoms with E-state index in [0.717, 1.165) is 36.1 Å². The first kappa shape index (κ1) is 17.0. The van der Waals surface area contributed by atoms with Gasteiger partial charge < -0.3 is 15.0 Å². The van der Waals surface area contributed by atoms with Gasteiger partial charge in [-0.15, -0.1) is 0 Å². The molecule has 0 aromatic heterocycles. The molecule has 1 saturated heterocycles. The molecule has 0 spiro atoms. The van der Waals surface area contributed by atoms with Crippen molar-refractivity contribution >= 4 is 33.5 Å². The summed E-state index contributed by atoms with van der Waals surface area (Å²) < 4.78 is 5.99. The molecular weight excluding hydrogens is 348 g/mol. The van der Waals surface area contributed by atoms with E-state index in [4.69, 9.17) is 4.74 Å². The Kier molecular flexibility index (Phi) is 6.39. The molecule has 22 heavy (non-hydrogen) atoms. The minimum absolute atomic E-state index is 0.00249. The number of likely N-dealkylation sites (tertiary alicyclic amines) is 1. The number of anilines is 1. The van der Waals surface area contributed by atoms with E-state index in [2.05, 4.69) is 21.2 Å². The Morgan fingerprint density at radius 1 is 1.36 bits per heavy atom. The number of amides is 1. The lowest BCUT2D eigenvalue weighted by atomic mass is 9.97. The van der Waals surface area contributed by atoms with Gasteiger partial charge in [0.15, 0.2) is 6.54 Å². The zero-order valence-electron chi connectivity index (χ0n) is 12.7. The second kappa shape index (κ2) is 8.29. The highest BCUT2D eigenvalue weighted by atomic mass is 79.9. The van der Waals surface area contributed by atoms with Gasteiger partial charge in [-0.2, -0.15) is 0 Å². The van der Waals surface area contributed by atoms with Crippen LogP contribution in [0.4, 0.5) is 5.69 Å². The highest BCUT2D eigenvalue weighted by molar-refractivity contribution is 9.10. The van der Waals surface area contributed by atoms with Crippen molar-refractivity contribution < 1.29 is 19.2 Å². The molecule has 0 radical (unpaired) electrons. The third-order valence-electron chi connectivity index (χ3n) is 3.83. The Labute approximate surface area is 139 Å². The van der Waals surface area contributed by atoms with Crippen molar-refractivity contribution in [1.29, 1.82) is 0 Å². The second-order valence-corrected chi connectivity index (χ2v) is 6.43. The number of rotatable bonds is 5. The number of carbonyl (C=O) groups is 2. The number of halogens is 1. The molecular formula is C16H22BrN2O3+. The first-order chi connectivity index (χ1) is 10.6. The molecule has 1 fully saturated rings. The Hall–Kier alpha value is -1.40. The van der Waals surface area contributed by atoms with Crippen molar-refractivity contribution in [2.24, 2.45) is 5.92 Å². The van der Waals surface area contributed by atoms with E-state index >= 15 is 0 Å². The average molecular weight is 370 g/mol. The summed E-state index contributed by atoms with van der Waals surface area (Å²) in [5.74, 6) is -0.0975. The lowest BCUT2D eigenvalue weighted by molar-refractivity contribution is -0.897. The molecule has 0 unspecified atom stereocenters. The number of nitrogens with one attached hydrogen (secondary N) is 2. The van der Waals surface area contributed by atoms with Crippen LogP contribution >= 0.6 is 15.9 Å². The lowest BCUT2D eigenvalue weighted by Crippen LogP contribution is -3.14. The number of hydrogen-bond acceptors (Lipinski definition) is 3. The van der Waals surface area contributed by atoms with Gasteiger partial charge in [0.1, 0.15) is 0 Å². The van der Waals surface area contributed by atoms with Crippen molar-refractivity contribution in [3.63, 3.8) is 0 Å². The van der Waals surface area contributed by atoms with Crippen LogP contribution in [0.2, 0.25) is 0 Å². The molecule has 2 N–H and O–H groups in total. The Morgan fingerprint density at radius 3 is 2.73 bits per heavy atom. The van der Waals surface area contributed by atoms with E-state index in [1.165, 1.54) is 4.90 Å². The van der Waals surface area contributed by atoms with Gasteiger partial charge in [0, 0.05) is 23.0 Å². The number of piperidine rings is 1. The monoisotopic (exact) mass is 369 g/mol. The smallest absolute Gasteiger partial charge is 0.309 e. The van der Waals surface area contributed by atoms with Crippen molar-refractivity contribution in [3.05, 3.63) is 28.7 Å². The molecule has 2 rings (SSSR count). The minimum Gasteiger partial charge on any atom is -0.466 e. The van der Waals surface area contributed by atoms with Crippen molar-refractivity contribution in [3.8, 4) is 0 Å². The topological polar surface area (TPSA) is 59.8 Å². The second-order valence-electron chi connectivity index (χ2n) is 5.51. The molecule has 5 nitrogen and oxygen atoms in total.